The second-order valence-electron chi connectivity index (χ2n) is 4.57. The topological polar surface area (TPSA) is 59.1 Å². The van der Waals surface area contributed by atoms with Crippen LogP contribution in [-0.2, 0) is 6.54 Å². The third-order valence-corrected chi connectivity index (χ3v) is 3.37. The minimum Gasteiger partial charge on any atom is -0.333 e. The summed E-state index contributed by atoms with van der Waals surface area (Å²) in [6, 6.07) is 0.176. The summed E-state index contributed by atoms with van der Waals surface area (Å²) in [5.74, 6) is 0. The summed E-state index contributed by atoms with van der Waals surface area (Å²) in [7, 11) is 0. The standard InChI is InChI=1S/C12H23N5/c1-2-16-10-14-9-12(16)11(8-13)15-17-6-4-3-5-7-17/h9-11,15H,2-8,13H2,1H3. The number of aryl methyl sites for hydroxylation is 1. The summed E-state index contributed by atoms with van der Waals surface area (Å²) in [4.78, 5) is 4.20. The summed E-state index contributed by atoms with van der Waals surface area (Å²) in [6.07, 6.45) is 7.68. The van der Waals surface area contributed by atoms with E-state index in [4.69, 9.17) is 5.73 Å². The number of hydrazine groups is 1. The van der Waals surface area contributed by atoms with Crippen LogP contribution in [0.2, 0.25) is 0 Å². The van der Waals surface area contributed by atoms with Crippen LogP contribution in [0.4, 0.5) is 0 Å². The van der Waals surface area contributed by atoms with Crippen LogP contribution in [0.5, 0.6) is 0 Å². The van der Waals surface area contributed by atoms with Crippen molar-refractivity contribution in [1.82, 2.24) is 20.0 Å². The Bertz CT molecular complexity index is 329. The fourth-order valence-corrected chi connectivity index (χ4v) is 2.37. The maximum Gasteiger partial charge on any atom is 0.0948 e. The van der Waals surface area contributed by atoms with E-state index in [2.05, 4.69) is 26.9 Å². The smallest absolute Gasteiger partial charge is 0.0948 e. The van der Waals surface area contributed by atoms with E-state index in [0.717, 1.165) is 19.6 Å². The summed E-state index contributed by atoms with van der Waals surface area (Å²) in [6.45, 7) is 5.91. The zero-order chi connectivity index (χ0) is 12.1. The second-order valence-corrected chi connectivity index (χ2v) is 4.57. The molecule has 2 rings (SSSR count). The number of imidazole rings is 1. The SMILES string of the molecule is CCn1cncc1C(CN)NN1CCCCC1. The molecule has 0 saturated carbocycles. The van der Waals surface area contributed by atoms with Gasteiger partial charge in [-0.1, -0.05) is 6.42 Å². The molecule has 2 heterocycles. The van der Waals surface area contributed by atoms with Gasteiger partial charge in [0.15, 0.2) is 0 Å². The number of piperidine rings is 1. The van der Waals surface area contributed by atoms with Crippen LogP contribution in [0.1, 0.15) is 37.9 Å². The third-order valence-electron chi connectivity index (χ3n) is 3.37. The predicted molar refractivity (Wildman–Crippen MR) is 68.3 cm³/mol. The van der Waals surface area contributed by atoms with Crippen molar-refractivity contribution < 1.29 is 0 Å². The number of hydrogen-bond acceptors (Lipinski definition) is 4. The Labute approximate surface area is 103 Å². The maximum atomic E-state index is 5.87. The Hall–Kier alpha value is -0.910. The highest BCUT2D eigenvalue weighted by atomic mass is 15.5. The van der Waals surface area contributed by atoms with E-state index in [9.17, 15) is 0 Å². The Kier molecular flexibility index (Phi) is 4.53. The van der Waals surface area contributed by atoms with Gasteiger partial charge in [0.2, 0.25) is 0 Å². The van der Waals surface area contributed by atoms with Gasteiger partial charge in [0.05, 0.1) is 18.1 Å². The van der Waals surface area contributed by atoms with E-state index in [-0.39, 0.29) is 6.04 Å². The molecule has 0 aromatic carbocycles. The first-order valence-electron chi connectivity index (χ1n) is 6.56. The molecule has 96 valence electrons. The third kappa shape index (κ3) is 3.06. The summed E-state index contributed by atoms with van der Waals surface area (Å²) >= 11 is 0. The van der Waals surface area contributed by atoms with Gasteiger partial charge in [0.25, 0.3) is 0 Å². The van der Waals surface area contributed by atoms with E-state index in [1.807, 2.05) is 12.5 Å². The molecule has 5 heteroatoms. The Balaban J connectivity index is 2.00. The van der Waals surface area contributed by atoms with Crippen LogP contribution in [0, 0.1) is 0 Å². The fraction of sp³-hybridized carbons (Fsp3) is 0.750. The van der Waals surface area contributed by atoms with E-state index in [1.54, 1.807) is 0 Å². The molecule has 1 aliphatic heterocycles. The van der Waals surface area contributed by atoms with Crippen LogP contribution in [0.25, 0.3) is 0 Å². The first kappa shape index (κ1) is 12.5. The molecule has 1 unspecified atom stereocenters. The van der Waals surface area contributed by atoms with Gasteiger partial charge in [-0.2, -0.15) is 0 Å². The lowest BCUT2D eigenvalue weighted by atomic mass is 10.1. The molecule has 0 amide bonds. The zero-order valence-electron chi connectivity index (χ0n) is 10.6. The van der Waals surface area contributed by atoms with Gasteiger partial charge in [0.1, 0.15) is 0 Å². The first-order valence-corrected chi connectivity index (χ1v) is 6.56. The highest BCUT2D eigenvalue weighted by Gasteiger charge is 2.18. The van der Waals surface area contributed by atoms with Crippen molar-refractivity contribution in [3.05, 3.63) is 18.2 Å². The molecule has 1 aliphatic rings. The molecule has 1 aromatic heterocycles. The Morgan fingerprint density at radius 1 is 1.41 bits per heavy atom. The average molecular weight is 237 g/mol. The number of hydrogen-bond donors (Lipinski definition) is 2. The van der Waals surface area contributed by atoms with Gasteiger partial charge >= 0.3 is 0 Å². The molecule has 1 fully saturated rings. The van der Waals surface area contributed by atoms with Crippen molar-refractivity contribution in [1.29, 1.82) is 0 Å². The van der Waals surface area contributed by atoms with Crippen molar-refractivity contribution in [2.45, 2.75) is 38.8 Å². The minimum atomic E-state index is 0.176. The predicted octanol–water partition coefficient (Wildman–Crippen LogP) is 0.893. The molecule has 1 atom stereocenters. The van der Waals surface area contributed by atoms with Crippen molar-refractivity contribution in [2.24, 2.45) is 5.73 Å². The number of rotatable bonds is 5. The van der Waals surface area contributed by atoms with Gasteiger partial charge in [0, 0.05) is 32.4 Å². The van der Waals surface area contributed by atoms with E-state index in [0.29, 0.717) is 6.54 Å². The monoisotopic (exact) mass is 237 g/mol. The van der Waals surface area contributed by atoms with Crippen LogP contribution in [0.3, 0.4) is 0 Å². The van der Waals surface area contributed by atoms with Crippen LogP contribution in [-0.4, -0.2) is 34.2 Å². The number of aromatic nitrogens is 2. The Morgan fingerprint density at radius 3 is 2.82 bits per heavy atom. The lowest BCUT2D eigenvalue weighted by Crippen LogP contribution is -2.46. The molecule has 17 heavy (non-hydrogen) atoms. The van der Waals surface area contributed by atoms with Crippen molar-refractivity contribution in [2.75, 3.05) is 19.6 Å². The van der Waals surface area contributed by atoms with Gasteiger partial charge in [-0.25, -0.2) is 15.4 Å². The van der Waals surface area contributed by atoms with Crippen LogP contribution < -0.4 is 11.2 Å². The van der Waals surface area contributed by atoms with Gasteiger partial charge < -0.3 is 10.3 Å². The molecule has 0 spiro atoms. The van der Waals surface area contributed by atoms with Crippen LogP contribution in [0.15, 0.2) is 12.5 Å². The molecular weight excluding hydrogens is 214 g/mol. The van der Waals surface area contributed by atoms with E-state index in [1.165, 1.54) is 25.0 Å². The second kappa shape index (κ2) is 6.14. The zero-order valence-corrected chi connectivity index (χ0v) is 10.6. The molecule has 0 radical (unpaired) electrons. The minimum absolute atomic E-state index is 0.176. The quantitative estimate of drug-likeness (QED) is 0.798. The maximum absolute atomic E-state index is 5.87. The molecule has 0 bridgehead atoms. The Morgan fingerprint density at radius 2 is 2.18 bits per heavy atom. The van der Waals surface area contributed by atoms with Gasteiger partial charge in [-0.3, -0.25) is 0 Å². The van der Waals surface area contributed by atoms with Crippen molar-refractivity contribution in [3.63, 3.8) is 0 Å². The van der Waals surface area contributed by atoms with Crippen molar-refractivity contribution in [3.8, 4) is 0 Å². The molecule has 1 aromatic rings. The fourth-order valence-electron chi connectivity index (χ4n) is 2.37. The molecule has 1 saturated heterocycles. The van der Waals surface area contributed by atoms with Gasteiger partial charge in [-0.15, -0.1) is 0 Å². The summed E-state index contributed by atoms with van der Waals surface area (Å²) in [5, 5.41) is 2.30. The highest BCUT2D eigenvalue weighted by Crippen LogP contribution is 2.14. The number of nitrogens with one attached hydrogen (secondary N) is 1. The van der Waals surface area contributed by atoms with Crippen molar-refractivity contribution >= 4 is 0 Å². The van der Waals surface area contributed by atoms with Crippen LogP contribution >= 0.6 is 0 Å². The number of nitrogens with two attached hydrogens (primary N) is 1. The number of nitrogens with zero attached hydrogens (tertiary/aromatic N) is 3. The highest BCUT2D eigenvalue weighted by molar-refractivity contribution is 5.05. The molecular formula is C12H23N5. The summed E-state index contributed by atoms with van der Waals surface area (Å²) < 4.78 is 2.15. The summed E-state index contributed by atoms with van der Waals surface area (Å²) in [5.41, 5.74) is 10.6. The van der Waals surface area contributed by atoms with E-state index < -0.39 is 0 Å². The van der Waals surface area contributed by atoms with E-state index >= 15 is 0 Å². The normalized spacial score (nSPS) is 19.4. The molecule has 5 nitrogen and oxygen atoms in total. The first-order chi connectivity index (χ1) is 8.35. The lowest BCUT2D eigenvalue weighted by Gasteiger charge is -2.31. The van der Waals surface area contributed by atoms with Gasteiger partial charge in [-0.05, 0) is 19.8 Å². The lowest BCUT2D eigenvalue weighted by molar-refractivity contribution is 0.128. The average Bonchev–Trinajstić information content (AvgIpc) is 2.85. The molecule has 0 aliphatic carbocycles. The molecule has 3 N–H and O–H groups in total. The largest absolute Gasteiger partial charge is 0.333 e.